The molecule has 1 aromatic rings. The van der Waals surface area contributed by atoms with Crippen molar-refractivity contribution in [2.75, 3.05) is 0 Å². The molecule has 2 atom stereocenters. The van der Waals surface area contributed by atoms with Gasteiger partial charge in [-0.25, -0.2) is 0 Å². The van der Waals surface area contributed by atoms with Gasteiger partial charge in [0.2, 0.25) is 0 Å². The van der Waals surface area contributed by atoms with Crippen molar-refractivity contribution in [3.63, 3.8) is 0 Å². The first-order chi connectivity index (χ1) is 9.15. The normalized spacial score (nSPS) is 26.9. The number of halogens is 1. The lowest BCUT2D eigenvalue weighted by Gasteiger charge is -2.33. The summed E-state index contributed by atoms with van der Waals surface area (Å²) in [5.74, 6) is 0.823. The number of ketones is 1. The third kappa shape index (κ3) is 2.47. The summed E-state index contributed by atoms with van der Waals surface area (Å²) >= 11 is 3.41. The lowest BCUT2D eigenvalue weighted by atomic mass is 9.79. The van der Waals surface area contributed by atoms with Gasteiger partial charge in [-0.2, -0.15) is 0 Å². The maximum absolute atomic E-state index is 12.2. The molecule has 0 saturated carbocycles. The third-order valence-corrected chi connectivity index (χ3v) is 4.27. The number of ether oxygens (including phenoxy) is 1. The standard InChI is InChI=1S/C15H15BrO3/c16-10-6-4-9(5-7-10)11-8-14(18)19-13-3-1-2-12(17)15(11)13/h4-7,11,14,18H,1-3,8H2/t11-,14?/m0/s1. The van der Waals surface area contributed by atoms with E-state index in [-0.39, 0.29) is 11.7 Å². The smallest absolute Gasteiger partial charge is 0.197 e. The van der Waals surface area contributed by atoms with Gasteiger partial charge in [0, 0.05) is 35.2 Å². The number of aliphatic hydroxyl groups is 1. The Labute approximate surface area is 120 Å². The highest BCUT2D eigenvalue weighted by molar-refractivity contribution is 9.10. The highest BCUT2D eigenvalue weighted by Gasteiger charge is 2.36. The van der Waals surface area contributed by atoms with Crippen molar-refractivity contribution >= 4 is 21.7 Å². The Morgan fingerprint density at radius 1 is 1.21 bits per heavy atom. The number of carbonyl (C=O) groups is 1. The van der Waals surface area contributed by atoms with Crippen LogP contribution in [-0.2, 0) is 9.53 Å². The molecule has 0 bridgehead atoms. The summed E-state index contributed by atoms with van der Waals surface area (Å²) in [5, 5.41) is 9.84. The predicted molar refractivity (Wildman–Crippen MR) is 74.5 cm³/mol. The zero-order chi connectivity index (χ0) is 13.4. The molecule has 3 nitrogen and oxygen atoms in total. The number of benzene rings is 1. The van der Waals surface area contributed by atoms with Crippen LogP contribution in [0, 0.1) is 0 Å². The number of hydrogen-bond donors (Lipinski definition) is 1. The van der Waals surface area contributed by atoms with E-state index in [0.717, 1.165) is 28.5 Å². The summed E-state index contributed by atoms with van der Waals surface area (Å²) in [4.78, 5) is 12.2. The van der Waals surface area contributed by atoms with E-state index in [0.29, 0.717) is 18.6 Å². The van der Waals surface area contributed by atoms with Crippen LogP contribution in [0.4, 0.5) is 0 Å². The number of rotatable bonds is 1. The number of Topliss-reactive ketones (excluding diaryl/α,β-unsaturated/α-hetero) is 1. The first-order valence-electron chi connectivity index (χ1n) is 6.51. The van der Waals surface area contributed by atoms with E-state index in [1.54, 1.807) is 0 Å². The van der Waals surface area contributed by atoms with E-state index in [2.05, 4.69) is 15.9 Å². The monoisotopic (exact) mass is 322 g/mol. The van der Waals surface area contributed by atoms with Crippen molar-refractivity contribution in [2.45, 2.75) is 37.9 Å². The minimum absolute atomic E-state index is 0.0420. The van der Waals surface area contributed by atoms with Crippen LogP contribution in [0.1, 0.15) is 37.2 Å². The molecule has 1 heterocycles. The van der Waals surface area contributed by atoms with E-state index in [1.165, 1.54) is 0 Å². The molecule has 0 saturated heterocycles. The summed E-state index contributed by atoms with van der Waals surface area (Å²) in [6.07, 6.45) is 1.80. The molecule has 1 aliphatic heterocycles. The first kappa shape index (κ1) is 12.9. The van der Waals surface area contributed by atoms with Gasteiger partial charge in [0.05, 0.1) is 0 Å². The molecule has 1 aliphatic carbocycles. The van der Waals surface area contributed by atoms with Crippen molar-refractivity contribution in [3.8, 4) is 0 Å². The molecular weight excluding hydrogens is 308 g/mol. The number of aliphatic hydroxyl groups excluding tert-OH is 1. The summed E-state index contributed by atoms with van der Waals surface area (Å²) in [7, 11) is 0. The summed E-state index contributed by atoms with van der Waals surface area (Å²) in [6, 6.07) is 7.92. The number of carbonyl (C=O) groups excluding carboxylic acids is 1. The van der Waals surface area contributed by atoms with Crippen LogP contribution in [0.3, 0.4) is 0 Å². The van der Waals surface area contributed by atoms with Gasteiger partial charge in [-0.05, 0) is 24.1 Å². The fourth-order valence-electron chi connectivity index (χ4n) is 2.88. The van der Waals surface area contributed by atoms with E-state index in [9.17, 15) is 9.90 Å². The van der Waals surface area contributed by atoms with Crippen LogP contribution in [0.5, 0.6) is 0 Å². The van der Waals surface area contributed by atoms with Crippen LogP contribution in [-0.4, -0.2) is 17.2 Å². The molecule has 1 unspecified atom stereocenters. The van der Waals surface area contributed by atoms with Crippen LogP contribution in [0.25, 0.3) is 0 Å². The molecule has 0 spiro atoms. The Morgan fingerprint density at radius 2 is 1.95 bits per heavy atom. The van der Waals surface area contributed by atoms with Crippen molar-refractivity contribution in [1.82, 2.24) is 0 Å². The van der Waals surface area contributed by atoms with Crippen molar-refractivity contribution in [1.29, 1.82) is 0 Å². The van der Waals surface area contributed by atoms with Gasteiger partial charge in [-0.1, -0.05) is 28.1 Å². The summed E-state index contributed by atoms with van der Waals surface area (Å²) in [6.45, 7) is 0. The first-order valence-corrected chi connectivity index (χ1v) is 7.31. The van der Waals surface area contributed by atoms with Gasteiger partial charge in [0.25, 0.3) is 0 Å². The highest BCUT2D eigenvalue weighted by Crippen LogP contribution is 2.41. The van der Waals surface area contributed by atoms with Gasteiger partial charge in [-0.15, -0.1) is 0 Å². The van der Waals surface area contributed by atoms with Gasteiger partial charge in [0.1, 0.15) is 5.76 Å². The zero-order valence-corrected chi connectivity index (χ0v) is 12.0. The fourth-order valence-corrected chi connectivity index (χ4v) is 3.14. The topological polar surface area (TPSA) is 46.5 Å². The zero-order valence-electron chi connectivity index (χ0n) is 10.4. The van der Waals surface area contributed by atoms with Crippen molar-refractivity contribution in [3.05, 3.63) is 45.6 Å². The second-order valence-corrected chi connectivity index (χ2v) is 5.94. The Hall–Kier alpha value is -1.13. The van der Waals surface area contributed by atoms with E-state index < -0.39 is 6.29 Å². The molecule has 100 valence electrons. The SMILES string of the molecule is O=C1CCCC2=C1[C@H](c1ccc(Br)cc1)CC(O)O2. The quantitative estimate of drug-likeness (QED) is 0.863. The van der Waals surface area contributed by atoms with E-state index in [4.69, 9.17) is 4.74 Å². The Balaban J connectivity index is 2.03. The highest BCUT2D eigenvalue weighted by atomic mass is 79.9. The minimum Gasteiger partial charge on any atom is -0.469 e. The summed E-state index contributed by atoms with van der Waals surface area (Å²) in [5.41, 5.74) is 1.84. The van der Waals surface area contributed by atoms with Gasteiger partial charge in [-0.3, -0.25) is 4.79 Å². The Morgan fingerprint density at radius 3 is 2.68 bits per heavy atom. The van der Waals surface area contributed by atoms with E-state index >= 15 is 0 Å². The molecule has 1 aromatic carbocycles. The molecule has 0 fully saturated rings. The number of allylic oxidation sites excluding steroid dienone is 2. The van der Waals surface area contributed by atoms with Crippen molar-refractivity contribution in [2.24, 2.45) is 0 Å². The molecule has 0 radical (unpaired) electrons. The Kier molecular flexibility index (Phi) is 3.46. The maximum atomic E-state index is 12.2. The van der Waals surface area contributed by atoms with E-state index in [1.807, 2.05) is 24.3 Å². The molecule has 1 N–H and O–H groups in total. The molecule has 0 aromatic heterocycles. The fraction of sp³-hybridized carbons (Fsp3) is 0.400. The van der Waals surface area contributed by atoms with Gasteiger partial charge >= 0.3 is 0 Å². The van der Waals surface area contributed by atoms with Crippen LogP contribution >= 0.6 is 15.9 Å². The predicted octanol–water partition coefficient (Wildman–Crippen LogP) is 3.28. The second-order valence-electron chi connectivity index (χ2n) is 5.03. The summed E-state index contributed by atoms with van der Waals surface area (Å²) < 4.78 is 6.45. The van der Waals surface area contributed by atoms with Crippen LogP contribution in [0.2, 0.25) is 0 Å². The van der Waals surface area contributed by atoms with Crippen molar-refractivity contribution < 1.29 is 14.6 Å². The molecule has 19 heavy (non-hydrogen) atoms. The Bertz CT molecular complexity index is 533. The van der Waals surface area contributed by atoms with Gasteiger partial charge < -0.3 is 9.84 Å². The minimum atomic E-state index is -0.807. The van der Waals surface area contributed by atoms with Crippen LogP contribution < -0.4 is 0 Å². The third-order valence-electron chi connectivity index (χ3n) is 3.74. The van der Waals surface area contributed by atoms with Crippen LogP contribution in [0.15, 0.2) is 40.1 Å². The average Bonchev–Trinajstić information content (AvgIpc) is 2.38. The molecular formula is C15H15BrO3. The molecule has 3 rings (SSSR count). The number of hydrogen-bond acceptors (Lipinski definition) is 3. The molecule has 4 heteroatoms. The molecule has 0 amide bonds. The molecule has 2 aliphatic rings. The van der Waals surface area contributed by atoms with Gasteiger partial charge in [0.15, 0.2) is 12.1 Å². The largest absolute Gasteiger partial charge is 0.469 e. The maximum Gasteiger partial charge on any atom is 0.197 e. The lowest BCUT2D eigenvalue weighted by Crippen LogP contribution is -2.30. The second kappa shape index (κ2) is 5.10. The average molecular weight is 323 g/mol. The lowest BCUT2D eigenvalue weighted by molar-refractivity contribution is -0.121.